The molecule has 15 heavy (non-hydrogen) atoms. The highest BCUT2D eigenvalue weighted by atomic mass is 35.5. The lowest BCUT2D eigenvalue weighted by atomic mass is 9.85. The number of hydrogen-bond donors (Lipinski definition) is 1. The first-order valence-electron chi connectivity index (χ1n) is 5.40. The van der Waals surface area contributed by atoms with Crippen LogP contribution in [0.15, 0.2) is 0 Å². The van der Waals surface area contributed by atoms with E-state index in [-0.39, 0.29) is 29.8 Å². The molecule has 1 amide bonds. The molecule has 0 aromatic carbocycles. The van der Waals surface area contributed by atoms with Crippen LogP contribution in [-0.4, -0.2) is 29.4 Å². The smallest absolute Gasteiger partial charge is 0.239 e. The van der Waals surface area contributed by atoms with Crippen LogP contribution >= 0.6 is 12.4 Å². The van der Waals surface area contributed by atoms with E-state index in [0.29, 0.717) is 6.04 Å². The van der Waals surface area contributed by atoms with Gasteiger partial charge in [-0.25, -0.2) is 0 Å². The standard InChI is InChI=1S/C11H22N2O.ClH/c1-8(12)10(14)13-7-5-6-9(13)11(2,3)4;/h8-9H,5-7,12H2,1-4H3;1H. The summed E-state index contributed by atoms with van der Waals surface area (Å²) in [4.78, 5) is 13.8. The van der Waals surface area contributed by atoms with E-state index in [1.54, 1.807) is 6.92 Å². The van der Waals surface area contributed by atoms with Gasteiger partial charge in [-0.15, -0.1) is 12.4 Å². The number of rotatable bonds is 1. The molecule has 1 heterocycles. The van der Waals surface area contributed by atoms with Crippen molar-refractivity contribution in [1.29, 1.82) is 0 Å². The highest BCUT2D eigenvalue weighted by Gasteiger charge is 2.37. The number of carbonyl (C=O) groups excluding carboxylic acids is 1. The average Bonchev–Trinajstić information content (AvgIpc) is 2.48. The first-order valence-corrected chi connectivity index (χ1v) is 5.40. The summed E-state index contributed by atoms with van der Waals surface area (Å²) in [5.41, 5.74) is 5.80. The summed E-state index contributed by atoms with van der Waals surface area (Å²) in [5.74, 6) is 0.0995. The van der Waals surface area contributed by atoms with E-state index >= 15 is 0 Å². The van der Waals surface area contributed by atoms with E-state index in [0.717, 1.165) is 19.4 Å². The molecule has 0 saturated carbocycles. The summed E-state index contributed by atoms with van der Waals surface area (Å²) in [6.45, 7) is 9.20. The normalized spacial score (nSPS) is 23.5. The minimum atomic E-state index is -0.363. The van der Waals surface area contributed by atoms with Crippen LogP contribution in [0, 0.1) is 5.41 Å². The Balaban J connectivity index is 0.00000196. The SMILES string of the molecule is CC(N)C(=O)N1CCCC1C(C)(C)C.Cl. The zero-order valence-corrected chi connectivity index (χ0v) is 10.9. The lowest BCUT2D eigenvalue weighted by Crippen LogP contribution is -2.48. The van der Waals surface area contributed by atoms with Crippen LogP contribution in [0.2, 0.25) is 0 Å². The van der Waals surface area contributed by atoms with E-state index < -0.39 is 0 Å². The third kappa shape index (κ3) is 3.35. The predicted octanol–water partition coefficient (Wildman–Crippen LogP) is 1.79. The summed E-state index contributed by atoms with van der Waals surface area (Å²) in [6.07, 6.45) is 2.22. The van der Waals surface area contributed by atoms with Gasteiger partial charge >= 0.3 is 0 Å². The molecule has 0 spiro atoms. The van der Waals surface area contributed by atoms with Crippen LogP contribution in [0.25, 0.3) is 0 Å². The Morgan fingerprint density at radius 2 is 2.00 bits per heavy atom. The van der Waals surface area contributed by atoms with Gasteiger partial charge in [-0.3, -0.25) is 4.79 Å². The van der Waals surface area contributed by atoms with E-state index in [1.165, 1.54) is 0 Å². The van der Waals surface area contributed by atoms with E-state index in [4.69, 9.17) is 5.73 Å². The largest absolute Gasteiger partial charge is 0.338 e. The molecule has 1 rings (SSSR count). The molecule has 1 fully saturated rings. The molecule has 2 unspecified atom stereocenters. The van der Waals surface area contributed by atoms with E-state index in [9.17, 15) is 4.79 Å². The number of nitrogens with zero attached hydrogens (tertiary/aromatic N) is 1. The minimum Gasteiger partial charge on any atom is -0.338 e. The molecule has 0 aliphatic carbocycles. The number of carbonyl (C=O) groups is 1. The van der Waals surface area contributed by atoms with Gasteiger partial charge in [0, 0.05) is 12.6 Å². The highest BCUT2D eigenvalue weighted by molar-refractivity contribution is 5.85. The summed E-state index contributed by atoms with van der Waals surface area (Å²) in [6, 6.07) is -0.000972. The topological polar surface area (TPSA) is 46.3 Å². The zero-order chi connectivity index (χ0) is 10.9. The predicted molar refractivity (Wildman–Crippen MR) is 65.1 cm³/mol. The van der Waals surface area contributed by atoms with Crippen LogP contribution in [0.4, 0.5) is 0 Å². The zero-order valence-electron chi connectivity index (χ0n) is 10.1. The molecule has 2 atom stereocenters. The molecule has 1 aliphatic rings. The van der Waals surface area contributed by atoms with Gasteiger partial charge in [-0.2, -0.15) is 0 Å². The first-order chi connectivity index (χ1) is 6.34. The van der Waals surface area contributed by atoms with Gasteiger partial charge in [0.1, 0.15) is 0 Å². The highest BCUT2D eigenvalue weighted by Crippen LogP contribution is 2.32. The molecule has 4 heteroatoms. The average molecular weight is 235 g/mol. The van der Waals surface area contributed by atoms with Crippen molar-refractivity contribution in [2.45, 2.75) is 52.6 Å². The van der Waals surface area contributed by atoms with Crippen LogP contribution in [0.3, 0.4) is 0 Å². The summed E-state index contributed by atoms with van der Waals surface area (Å²) >= 11 is 0. The lowest BCUT2D eigenvalue weighted by molar-refractivity contribution is -0.134. The molecule has 1 saturated heterocycles. The summed E-state index contributed by atoms with van der Waals surface area (Å²) < 4.78 is 0. The summed E-state index contributed by atoms with van der Waals surface area (Å²) in [5, 5.41) is 0. The van der Waals surface area contributed by atoms with Gasteiger partial charge in [0.25, 0.3) is 0 Å². The van der Waals surface area contributed by atoms with Gasteiger partial charge in [-0.05, 0) is 25.2 Å². The Morgan fingerprint density at radius 3 is 2.40 bits per heavy atom. The molecule has 1 aliphatic heterocycles. The van der Waals surface area contributed by atoms with Crippen LogP contribution in [0.5, 0.6) is 0 Å². The van der Waals surface area contributed by atoms with Gasteiger partial charge in [0.2, 0.25) is 5.91 Å². The molecule has 0 radical (unpaired) electrons. The van der Waals surface area contributed by atoms with Crippen molar-refractivity contribution in [1.82, 2.24) is 4.90 Å². The van der Waals surface area contributed by atoms with Crippen molar-refractivity contribution in [2.75, 3.05) is 6.54 Å². The number of nitrogens with two attached hydrogens (primary N) is 1. The monoisotopic (exact) mass is 234 g/mol. The van der Waals surface area contributed by atoms with E-state index in [2.05, 4.69) is 20.8 Å². The van der Waals surface area contributed by atoms with Crippen LogP contribution in [0.1, 0.15) is 40.5 Å². The Labute approximate surface area is 98.8 Å². The quantitative estimate of drug-likeness (QED) is 0.752. The minimum absolute atomic E-state index is 0. The molecular formula is C11H23ClN2O. The first kappa shape index (κ1) is 14.7. The van der Waals surface area contributed by atoms with Crippen molar-refractivity contribution in [3.05, 3.63) is 0 Å². The molecule has 0 bridgehead atoms. The van der Waals surface area contributed by atoms with E-state index in [1.807, 2.05) is 4.90 Å². The molecule has 0 aromatic rings. The maximum atomic E-state index is 11.8. The number of likely N-dealkylation sites (tertiary alicyclic amines) is 1. The van der Waals surface area contributed by atoms with Crippen molar-refractivity contribution in [3.63, 3.8) is 0 Å². The summed E-state index contributed by atoms with van der Waals surface area (Å²) in [7, 11) is 0. The Kier molecular flexibility index (Phi) is 5.07. The van der Waals surface area contributed by atoms with Crippen molar-refractivity contribution in [3.8, 4) is 0 Å². The Morgan fingerprint density at radius 1 is 1.47 bits per heavy atom. The third-order valence-electron chi connectivity index (χ3n) is 2.93. The second-order valence-electron chi connectivity index (χ2n) is 5.34. The fraction of sp³-hybridized carbons (Fsp3) is 0.909. The van der Waals surface area contributed by atoms with Crippen molar-refractivity contribution >= 4 is 18.3 Å². The Bertz CT molecular complexity index is 223. The van der Waals surface area contributed by atoms with Crippen molar-refractivity contribution in [2.24, 2.45) is 11.1 Å². The number of hydrogen-bond acceptors (Lipinski definition) is 2. The lowest BCUT2D eigenvalue weighted by Gasteiger charge is -2.35. The molecule has 3 nitrogen and oxygen atoms in total. The molecule has 0 aromatic heterocycles. The maximum Gasteiger partial charge on any atom is 0.239 e. The molecule has 2 N–H and O–H groups in total. The second-order valence-corrected chi connectivity index (χ2v) is 5.34. The van der Waals surface area contributed by atoms with Gasteiger partial charge in [0.15, 0.2) is 0 Å². The number of halogens is 1. The van der Waals surface area contributed by atoms with Crippen molar-refractivity contribution < 1.29 is 4.79 Å². The fourth-order valence-electron chi connectivity index (χ4n) is 2.19. The molecular weight excluding hydrogens is 212 g/mol. The third-order valence-corrected chi connectivity index (χ3v) is 2.93. The number of amides is 1. The van der Waals surface area contributed by atoms with Crippen LogP contribution < -0.4 is 5.73 Å². The van der Waals surface area contributed by atoms with Gasteiger partial charge in [0.05, 0.1) is 6.04 Å². The van der Waals surface area contributed by atoms with Crippen LogP contribution in [-0.2, 0) is 4.79 Å². The Hall–Kier alpha value is -0.280. The second kappa shape index (κ2) is 5.17. The fourth-order valence-corrected chi connectivity index (χ4v) is 2.19. The maximum absolute atomic E-state index is 11.8. The van der Waals surface area contributed by atoms with Gasteiger partial charge < -0.3 is 10.6 Å². The molecule has 90 valence electrons. The van der Waals surface area contributed by atoms with Gasteiger partial charge in [-0.1, -0.05) is 20.8 Å².